The van der Waals surface area contributed by atoms with E-state index in [0.717, 1.165) is 31.1 Å². The molecule has 1 aromatic rings. The fraction of sp³-hybridized carbons (Fsp3) is 0.562. The quantitative estimate of drug-likeness (QED) is 0.342. The lowest BCUT2D eigenvalue weighted by molar-refractivity contribution is 0.414. The van der Waals surface area contributed by atoms with Gasteiger partial charge < -0.3 is 15.4 Å². The number of aryl methyl sites for hydroxylation is 1. The molecule has 0 saturated carbocycles. The number of ether oxygens (including phenoxy) is 1. The van der Waals surface area contributed by atoms with Crippen LogP contribution < -0.4 is 15.4 Å². The molecule has 0 aliphatic rings. The minimum absolute atomic E-state index is 0. The summed E-state index contributed by atoms with van der Waals surface area (Å²) in [6.45, 7) is 7.26. The zero-order valence-electron chi connectivity index (χ0n) is 13.7. The highest BCUT2D eigenvalue weighted by molar-refractivity contribution is 14.0. The number of nitrogens with zero attached hydrogens (tertiary/aromatic N) is 1. The molecular weight excluding hydrogens is 377 g/mol. The van der Waals surface area contributed by atoms with Crippen molar-refractivity contribution in [3.8, 4) is 5.75 Å². The molecule has 4 nitrogen and oxygen atoms in total. The first-order valence-corrected chi connectivity index (χ1v) is 7.06. The Morgan fingerprint density at radius 1 is 1.29 bits per heavy atom. The van der Waals surface area contributed by atoms with Crippen LogP contribution in [0, 0.1) is 0 Å². The number of guanidine groups is 1. The highest BCUT2D eigenvalue weighted by atomic mass is 127. The molecule has 0 amide bonds. The van der Waals surface area contributed by atoms with Crippen LogP contribution in [-0.4, -0.2) is 32.2 Å². The van der Waals surface area contributed by atoms with Crippen LogP contribution in [0.15, 0.2) is 29.3 Å². The number of rotatable bonds is 5. The first kappa shape index (κ1) is 20.0. The molecule has 0 spiro atoms. The Hall–Kier alpha value is -0.980. The first-order chi connectivity index (χ1) is 9.44. The van der Waals surface area contributed by atoms with E-state index in [9.17, 15) is 0 Å². The number of methoxy groups -OCH3 is 1. The van der Waals surface area contributed by atoms with Crippen molar-refractivity contribution < 1.29 is 4.74 Å². The maximum Gasteiger partial charge on any atom is 0.191 e. The summed E-state index contributed by atoms with van der Waals surface area (Å²) in [5, 5.41) is 6.67. The molecule has 0 radical (unpaired) electrons. The maximum absolute atomic E-state index is 5.23. The van der Waals surface area contributed by atoms with Crippen LogP contribution in [0.25, 0.3) is 0 Å². The van der Waals surface area contributed by atoms with E-state index in [4.69, 9.17) is 4.74 Å². The third-order valence-electron chi connectivity index (χ3n) is 2.79. The smallest absolute Gasteiger partial charge is 0.191 e. The summed E-state index contributed by atoms with van der Waals surface area (Å²) in [6.07, 6.45) is 2.08. The minimum atomic E-state index is 0. The normalized spacial score (nSPS) is 11.6. The van der Waals surface area contributed by atoms with Gasteiger partial charge in [-0.15, -0.1) is 24.0 Å². The predicted octanol–water partition coefficient (Wildman–Crippen LogP) is 3.21. The van der Waals surface area contributed by atoms with Crippen LogP contribution in [0.1, 0.15) is 32.8 Å². The van der Waals surface area contributed by atoms with Crippen LogP contribution >= 0.6 is 24.0 Å². The van der Waals surface area contributed by atoms with Gasteiger partial charge in [0.2, 0.25) is 0 Å². The summed E-state index contributed by atoms with van der Waals surface area (Å²) in [5.74, 6) is 1.77. The number of aliphatic imine (C=N–C) groups is 1. The van der Waals surface area contributed by atoms with Crippen LogP contribution in [0.4, 0.5) is 0 Å². The summed E-state index contributed by atoms with van der Waals surface area (Å²) in [4.78, 5) is 4.22. The Bertz CT molecular complexity index is 441. The van der Waals surface area contributed by atoms with Gasteiger partial charge in [0.15, 0.2) is 5.96 Å². The van der Waals surface area contributed by atoms with E-state index in [-0.39, 0.29) is 29.5 Å². The third kappa shape index (κ3) is 8.80. The molecule has 120 valence electrons. The standard InChI is InChI=1S/C16H27N3O.HI/c1-16(2,3)19-15(17-4)18-11-7-9-13-8-6-10-14(12-13)20-5;/h6,8,10,12H,7,9,11H2,1-5H3,(H2,17,18,19);1H. The van der Waals surface area contributed by atoms with Crippen molar-refractivity contribution in [3.05, 3.63) is 29.8 Å². The minimum Gasteiger partial charge on any atom is -0.497 e. The van der Waals surface area contributed by atoms with Gasteiger partial charge in [0.25, 0.3) is 0 Å². The Balaban J connectivity index is 0.00000400. The second kappa shape index (κ2) is 9.87. The van der Waals surface area contributed by atoms with Crippen LogP contribution in [-0.2, 0) is 6.42 Å². The van der Waals surface area contributed by atoms with Crippen LogP contribution in [0.5, 0.6) is 5.75 Å². The van der Waals surface area contributed by atoms with Crippen molar-refractivity contribution in [1.82, 2.24) is 10.6 Å². The molecule has 1 rings (SSSR count). The van der Waals surface area contributed by atoms with Crippen LogP contribution in [0.2, 0.25) is 0 Å². The fourth-order valence-corrected chi connectivity index (χ4v) is 1.86. The highest BCUT2D eigenvalue weighted by Crippen LogP contribution is 2.13. The van der Waals surface area contributed by atoms with Crippen molar-refractivity contribution >= 4 is 29.9 Å². The molecule has 0 aliphatic heterocycles. The van der Waals surface area contributed by atoms with Gasteiger partial charge in [-0.3, -0.25) is 4.99 Å². The van der Waals surface area contributed by atoms with Gasteiger partial charge in [-0.2, -0.15) is 0 Å². The average molecular weight is 405 g/mol. The van der Waals surface area contributed by atoms with E-state index in [2.05, 4.69) is 48.5 Å². The molecule has 1 aromatic carbocycles. The van der Waals surface area contributed by atoms with Gasteiger partial charge in [0.1, 0.15) is 5.75 Å². The number of nitrogens with one attached hydrogen (secondary N) is 2. The van der Waals surface area contributed by atoms with Gasteiger partial charge >= 0.3 is 0 Å². The molecule has 0 fully saturated rings. The average Bonchev–Trinajstić information content (AvgIpc) is 2.41. The largest absolute Gasteiger partial charge is 0.497 e. The molecule has 21 heavy (non-hydrogen) atoms. The number of benzene rings is 1. The van der Waals surface area contributed by atoms with Crippen molar-refractivity contribution in [2.24, 2.45) is 4.99 Å². The van der Waals surface area contributed by atoms with Crippen molar-refractivity contribution in [3.63, 3.8) is 0 Å². The number of halogens is 1. The molecule has 0 aliphatic carbocycles. The van der Waals surface area contributed by atoms with Crippen molar-refractivity contribution in [2.45, 2.75) is 39.2 Å². The third-order valence-corrected chi connectivity index (χ3v) is 2.79. The molecule has 0 atom stereocenters. The molecule has 2 N–H and O–H groups in total. The number of hydrogen-bond acceptors (Lipinski definition) is 2. The van der Waals surface area contributed by atoms with Crippen LogP contribution in [0.3, 0.4) is 0 Å². The second-order valence-corrected chi connectivity index (χ2v) is 5.83. The topological polar surface area (TPSA) is 45.7 Å². The Morgan fingerprint density at radius 3 is 2.57 bits per heavy atom. The van der Waals surface area contributed by atoms with E-state index < -0.39 is 0 Å². The zero-order valence-corrected chi connectivity index (χ0v) is 16.0. The summed E-state index contributed by atoms with van der Waals surface area (Å²) in [6, 6.07) is 8.21. The molecule has 0 saturated heterocycles. The predicted molar refractivity (Wildman–Crippen MR) is 101 cm³/mol. The molecule has 0 aromatic heterocycles. The Morgan fingerprint density at radius 2 is 2.00 bits per heavy atom. The maximum atomic E-state index is 5.23. The molecule has 0 heterocycles. The van der Waals surface area contributed by atoms with Gasteiger partial charge in [0.05, 0.1) is 7.11 Å². The summed E-state index contributed by atoms with van der Waals surface area (Å²) in [7, 11) is 3.49. The van der Waals surface area contributed by atoms with E-state index in [1.165, 1.54) is 5.56 Å². The van der Waals surface area contributed by atoms with E-state index in [1.807, 2.05) is 12.1 Å². The fourth-order valence-electron chi connectivity index (χ4n) is 1.86. The molecular formula is C16H28IN3O. The lowest BCUT2D eigenvalue weighted by atomic mass is 10.1. The summed E-state index contributed by atoms with van der Waals surface area (Å²) >= 11 is 0. The SMILES string of the molecule is CN=C(NCCCc1cccc(OC)c1)NC(C)(C)C.I. The summed E-state index contributed by atoms with van der Waals surface area (Å²) < 4.78 is 5.23. The monoisotopic (exact) mass is 405 g/mol. The molecule has 5 heteroatoms. The lowest BCUT2D eigenvalue weighted by Crippen LogP contribution is -2.47. The Kier molecular flexibility index (Phi) is 9.41. The molecule has 0 bridgehead atoms. The second-order valence-electron chi connectivity index (χ2n) is 5.83. The van der Waals surface area contributed by atoms with Crippen molar-refractivity contribution in [1.29, 1.82) is 0 Å². The van der Waals surface area contributed by atoms with E-state index >= 15 is 0 Å². The van der Waals surface area contributed by atoms with E-state index in [1.54, 1.807) is 14.2 Å². The van der Waals surface area contributed by atoms with E-state index in [0.29, 0.717) is 0 Å². The first-order valence-electron chi connectivity index (χ1n) is 7.06. The highest BCUT2D eigenvalue weighted by Gasteiger charge is 2.11. The summed E-state index contributed by atoms with van der Waals surface area (Å²) in [5.41, 5.74) is 1.32. The van der Waals surface area contributed by atoms with Gasteiger partial charge in [-0.25, -0.2) is 0 Å². The van der Waals surface area contributed by atoms with Gasteiger partial charge in [0, 0.05) is 19.1 Å². The lowest BCUT2D eigenvalue weighted by Gasteiger charge is -2.23. The van der Waals surface area contributed by atoms with Crippen molar-refractivity contribution in [2.75, 3.05) is 20.7 Å². The van der Waals surface area contributed by atoms with Gasteiger partial charge in [-0.1, -0.05) is 12.1 Å². The molecule has 0 unspecified atom stereocenters. The number of hydrogen-bond donors (Lipinski definition) is 2. The Labute approximate surface area is 145 Å². The van der Waals surface area contributed by atoms with Gasteiger partial charge in [-0.05, 0) is 51.3 Å². The zero-order chi connectivity index (χ0) is 15.0.